The summed E-state index contributed by atoms with van der Waals surface area (Å²) in [5.74, 6) is 2.07. The lowest BCUT2D eigenvalue weighted by molar-refractivity contribution is -0.0895. The Labute approximate surface area is 170 Å². The lowest BCUT2D eigenvalue weighted by atomic mass is 9.75. The lowest BCUT2D eigenvalue weighted by Gasteiger charge is -2.46. The highest BCUT2D eigenvalue weighted by atomic mass is 32.2. The van der Waals surface area contributed by atoms with Crippen LogP contribution < -0.4 is 0 Å². The van der Waals surface area contributed by atoms with Gasteiger partial charge in [-0.15, -0.1) is 0 Å². The number of aryl methyl sites for hydroxylation is 1. The van der Waals surface area contributed by atoms with Crippen molar-refractivity contribution >= 4 is 22.7 Å². The number of fused-ring (bicyclic) bond motifs is 4. The van der Waals surface area contributed by atoms with Crippen LogP contribution in [-0.4, -0.2) is 22.7 Å². The summed E-state index contributed by atoms with van der Waals surface area (Å²) < 4.78 is 22.7. The van der Waals surface area contributed by atoms with Crippen LogP contribution in [0.25, 0.3) is 16.6 Å². The first kappa shape index (κ1) is 18.3. The zero-order chi connectivity index (χ0) is 19.5. The van der Waals surface area contributed by atoms with E-state index in [1.54, 1.807) is 12.1 Å². The summed E-state index contributed by atoms with van der Waals surface area (Å²) in [7, 11) is 0. The second-order valence-electron chi connectivity index (χ2n) is 8.78. The van der Waals surface area contributed by atoms with Gasteiger partial charge < -0.3 is 9.30 Å². The molecule has 1 spiro atoms. The molecule has 146 valence electrons. The summed E-state index contributed by atoms with van der Waals surface area (Å²) in [6.07, 6.45) is 2.11. The molecule has 28 heavy (non-hydrogen) atoms. The number of hydrogen-bond donors (Lipinski definition) is 0. The molecule has 2 aliphatic heterocycles. The van der Waals surface area contributed by atoms with Crippen LogP contribution in [0.5, 0.6) is 0 Å². The fraction of sp³-hybridized carbons (Fsp3) is 0.417. The molecule has 2 aromatic carbocycles. The van der Waals surface area contributed by atoms with Gasteiger partial charge in [-0.05, 0) is 67.2 Å². The first-order chi connectivity index (χ1) is 13.4. The van der Waals surface area contributed by atoms with Crippen molar-refractivity contribution in [2.75, 3.05) is 18.1 Å². The molecular formula is C24H26FNOS. The molecule has 0 radical (unpaired) electrons. The smallest absolute Gasteiger partial charge is 0.123 e. The van der Waals surface area contributed by atoms with E-state index < -0.39 is 0 Å². The van der Waals surface area contributed by atoms with Gasteiger partial charge in [0.1, 0.15) is 5.82 Å². The third-order valence-corrected chi connectivity index (χ3v) is 7.38. The van der Waals surface area contributed by atoms with Crippen LogP contribution in [0.1, 0.15) is 43.5 Å². The molecule has 0 bridgehead atoms. The topological polar surface area (TPSA) is 14.2 Å². The van der Waals surface area contributed by atoms with E-state index in [9.17, 15) is 4.39 Å². The first-order valence-electron chi connectivity index (χ1n) is 10.1. The maximum absolute atomic E-state index is 13.7. The highest BCUT2D eigenvalue weighted by Gasteiger charge is 2.48. The van der Waals surface area contributed by atoms with Crippen LogP contribution in [0, 0.1) is 12.7 Å². The Morgan fingerprint density at radius 2 is 1.75 bits per heavy atom. The molecule has 5 rings (SSSR count). The zero-order valence-corrected chi connectivity index (χ0v) is 17.5. The summed E-state index contributed by atoms with van der Waals surface area (Å²) in [5, 5.41) is 1.32. The Bertz CT molecular complexity index is 1040. The summed E-state index contributed by atoms with van der Waals surface area (Å²) in [6.45, 7) is 7.45. The molecule has 1 saturated heterocycles. The maximum atomic E-state index is 13.7. The molecule has 3 heterocycles. The lowest BCUT2D eigenvalue weighted by Crippen LogP contribution is -2.45. The fourth-order valence-electron chi connectivity index (χ4n) is 5.01. The minimum Gasteiger partial charge on any atom is -0.369 e. The molecule has 0 N–H and O–H groups in total. The van der Waals surface area contributed by atoms with Gasteiger partial charge in [-0.2, -0.15) is 11.8 Å². The Morgan fingerprint density at radius 3 is 2.46 bits per heavy atom. The Morgan fingerprint density at radius 1 is 1.04 bits per heavy atom. The van der Waals surface area contributed by atoms with Crippen molar-refractivity contribution in [3.63, 3.8) is 0 Å². The fourth-order valence-corrected chi connectivity index (χ4v) is 6.16. The molecule has 4 heteroatoms. The van der Waals surface area contributed by atoms with Gasteiger partial charge in [0.15, 0.2) is 0 Å². The van der Waals surface area contributed by atoms with E-state index in [0.717, 1.165) is 30.0 Å². The number of aromatic nitrogens is 1. The van der Waals surface area contributed by atoms with Crippen molar-refractivity contribution in [2.45, 2.75) is 44.6 Å². The Balaban J connectivity index is 1.92. The number of nitrogens with zero attached hydrogens (tertiary/aromatic N) is 1. The second-order valence-corrected chi connectivity index (χ2v) is 10.0. The predicted octanol–water partition coefficient (Wildman–Crippen LogP) is 6.11. The molecule has 1 aromatic heterocycles. The van der Waals surface area contributed by atoms with E-state index in [2.05, 4.69) is 43.5 Å². The molecule has 3 aromatic rings. The van der Waals surface area contributed by atoms with Gasteiger partial charge in [-0.1, -0.05) is 26.0 Å². The van der Waals surface area contributed by atoms with Crippen molar-refractivity contribution in [1.29, 1.82) is 0 Å². The Kier molecular flexibility index (Phi) is 4.15. The van der Waals surface area contributed by atoms with Crippen molar-refractivity contribution < 1.29 is 9.13 Å². The van der Waals surface area contributed by atoms with Gasteiger partial charge in [0.2, 0.25) is 0 Å². The number of halogens is 1. The van der Waals surface area contributed by atoms with Crippen LogP contribution >= 0.6 is 11.8 Å². The molecule has 0 amide bonds. The second kappa shape index (κ2) is 6.36. The monoisotopic (exact) mass is 395 g/mol. The molecule has 2 nitrogen and oxygen atoms in total. The minimum atomic E-state index is -0.203. The molecule has 0 atom stereocenters. The minimum absolute atomic E-state index is 0.120. The number of thioether (sulfide) groups is 1. The van der Waals surface area contributed by atoms with E-state index in [0.29, 0.717) is 6.61 Å². The number of hydrogen-bond acceptors (Lipinski definition) is 2. The van der Waals surface area contributed by atoms with Crippen LogP contribution in [0.2, 0.25) is 0 Å². The van der Waals surface area contributed by atoms with Crippen molar-refractivity contribution in [3.05, 3.63) is 65.1 Å². The van der Waals surface area contributed by atoms with Gasteiger partial charge in [0.05, 0.1) is 17.7 Å². The number of ether oxygens (including phenoxy) is 1. The molecule has 0 unspecified atom stereocenters. The number of rotatable bonds is 1. The van der Waals surface area contributed by atoms with E-state index in [1.165, 1.54) is 27.7 Å². The predicted molar refractivity (Wildman–Crippen MR) is 115 cm³/mol. The van der Waals surface area contributed by atoms with Gasteiger partial charge in [0, 0.05) is 27.7 Å². The van der Waals surface area contributed by atoms with Crippen molar-refractivity contribution in [2.24, 2.45) is 0 Å². The highest BCUT2D eigenvalue weighted by molar-refractivity contribution is 7.99. The molecule has 2 aliphatic rings. The average Bonchev–Trinajstić information content (AvgIpc) is 3.06. The summed E-state index contributed by atoms with van der Waals surface area (Å²) in [5.41, 5.74) is 5.90. The van der Waals surface area contributed by atoms with Crippen molar-refractivity contribution in [3.8, 4) is 5.69 Å². The first-order valence-corrected chi connectivity index (χ1v) is 11.2. The Hall–Kier alpha value is -1.78. The third kappa shape index (κ3) is 2.57. The van der Waals surface area contributed by atoms with E-state index >= 15 is 0 Å². The van der Waals surface area contributed by atoms with Crippen LogP contribution in [-0.2, 0) is 15.8 Å². The third-order valence-electron chi connectivity index (χ3n) is 6.39. The summed E-state index contributed by atoms with van der Waals surface area (Å²) in [6, 6.07) is 13.4. The highest BCUT2D eigenvalue weighted by Crippen LogP contribution is 2.53. The van der Waals surface area contributed by atoms with Gasteiger partial charge in [-0.25, -0.2) is 4.39 Å². The SMILES string of the molecule is Cc1cccc2c1c1c(n2-c2ccc(F)cc2)C(C)(C)COC12CCSCC2. The normalized spacial score (nSPS) is 20.4. The van der Waals surface area contributed by atoms with Crippen molar-refractivity contribution in [1.82, 2.24) is 4.57 Å². The quantitative estimate of drug-likeness (QED) is 0.494. The van der Waals surface area contributed by atoms with Crippen LogP contribution in [0.15, 0.2) is 42.5 Å². The standard InChI is InChI=1S/C24H26FNOS/c1-16-5-4-6-19-20(16)21-22(26(19)18-9-7-17(25)8-10-18)23(2,3)15-27-24(21)11-13-28-14-12-24/h4-10H,11-15H2,1-3H3. The summed E-state index contributed by atoms with van der Waals surface area (Å²) in [4.78, 5) is 0. The van der Waals surface area contributed by atoms with Gasteiger partial charge in [0.25, 0.3) is 0 Å². The molecule has 0 aliphatic carbocycles. The molecule has 0 saturated carbocycles. The van der Waals surface area contributed by atoms with Gasteiger partial charge >= 0.3 is 0 Å². The molecular weight excluding hydrogens is 369 g/mol. The summed E-state index contributed by atoms with van der Waals surface area (Å²) >= 11 is 2.02. The van der Waals surface area contributed by atoms with E-state index in [-0.39, 0.29) is 16.8 Å². The van der Waals surface area contributed by atoms with Crippen LogP contribution in [0.4, 0.5) is 4.39 Å². The van der Waals surface area contributed by atoms with Gasteiger partial charge in [-0.3, -0.25) is 0 Å². The van der Waals surface area contributed by atoms with Crippen LogP contribution in [0.3, 0.4) is 0 Å². The number of benzene rings is 2. The zero-order valence-electron chi connectivity index (χ0n) is 16.7. The molecule has 1 fully saturated rings. The largest absolute Gasteiger partial charge is 0.369 e. The maximum Gasteiger partial charge on any atom is 0.123 e. The average molecular weight is 396 g/mol. The van der Waals surface area contributed by atoms with E-state index in [1.807, 2.05) is 23.9 Å². The van der Waals surface area contributed by atoms with E-state index in [4.69, 9.17) is 4.74 Å².